The number of unbranched alkanes of at least 4 members (excludes halogenated alkanes) is 1. The van der Waals surface area contributed by atoms with Crippen molar-refractivity contribution in [1.82, 2.24) is 0 Å². The second kappa shape index (κ2) is 5.35. The van der Waals surface area contributed by atoms with E-state index in [2.05, 4.69) is 4.74 Å². The fourth-order valence-electron chi connectivity index (χ4n) is 2.18. The third-order valence-electron chi connectivity index (χ3n) is 3.13. The number of methoxy groups -OCH3 is 1. The number of esters is 1. The van der Waals surface area contributed by atoms with E-state index in [9.17, 15) is 4.79 Å². The second-order valence-corrected chi connectivity index (χ2v) is 4.35. The van der Waals surface area contributed by atoms with Gasteiger partial charge in [0.1, 0.15) is 0 Å². The number of ether oxygens (including phenoxy) is 1. The van der Waals surface area contributed by atoms with Crippen LogP contribution in [0.1, 0.15) is 51.4 Å². The molecule has 1 aliphatic carbocycles. The van der Waals surface area contributed by atoms with Crippen molar-refractivity contribution in [3.63, 3.8) is 0 Å². The summed E-state index contributed by atoms with van der Waals surface area (Å²) in [6.45, 7) is 0. The molecule has 14 heavy (non-hydrogen) atoms. The lowest BCUT2D eigenvalue weighted by Crippen LogP contribution is -2.36. The highest BCUT2D eigenvalue weighted by Gasteiger charge is 2.28. The van der Waals surface area contributed by atoms with Gasteiger partial charge in [0.25, 0.3) is 0 Å². The molecule has 0 heterocycles. The first-order valence-corrected chi connectivity index (χ1v) is 5.52. The molecule has 0 radical (unpaired) electrons. The zero-order chi connectivity index (χ0) is 10.4. The summed E-state index contributed by atoms with van der Waals surface area (Å²) < 4.78 is 4.58. The van der Waals surface area contributed by atoms with Crippen LogP contribution in [-0.4, -0.2) is 18.6 Å². The van der Waals surface area contributed by atoms with Gasteiger partial charge in [-0.1, -0.05) is 19.3 Å². The maximum atomic E-state index is 10.8. The first-order valence-electron chi connectivity index (χ1n) is 5.52. The first kappa shape index (κ1) is 11.5. The average Bonchev–Trinajstić information content (AvgIpc) is 2.60. The Morgan fingerprint density at radius 2 is 2.00 bits per heavy atom. The molecule has 2 N–H and O–H groups in total. The highest BCUT2D eigenvalue weighted by Crippen LogP contribution is 2.31. The van der Waals surface area contributed by atoms with E-state index in [4.69, 9.17) is 5.73 Å². The molecule has 0 aromatic carbocycles. The number of hydrogen-bond acceptors (Lipinski definition) is 3. The lowest BCUT2D eigenvalue weighted by Gasteiger charge is -2.22. The van der Waals surface area contributed by atoms with Gasteiger partial charge in [-0.25, -0.2) is 0 Å². The van der Waals surface area contributed by atoms with Gasteiger partial charge in [0, 0.05) is 12.0 Å². The molecule has 1 rings (SSSR count). The van der Waals surface area contributed by atoms with E-state index >= 15 is 0 Å². The van der Waals surface area contributed by atoms with Gasteiger partial charge < -0.3 is 10.5 Å². The van der Waals surface area contributed by atoms with Crippen LogP contribution in [0.3, 0.4) is 0 Å². The Morgan fingerprint density at radius 1 is 1.36 bits per heavy atom. The predicted molar refractivity (Wildman–Crippen MR) is 55.9 cm³/mol. The van der Waals surface area contributed by atoms with Crippen molar-refractivity contribution in [3.8, 4) is 0 Å². The van der Waals surface area contributed by atoms with Gasteiger partial charge in [0.15, 0.2) is 0 Å². The summed E-state index contributed by atoms with van der Waals surface area (Å²) in [5.74, 6) is -0.109. The van der Waals surface area contributed by atoms with Gasteiger partial charge in [-0.05, 0) is 25.7 Å². The Hall–Kier alpha value is -0.570. The van der Waals surface area contributed by atoms with Gasteiger partial charge in [0.05, 0.1) is 7.11 Å². The lowest BCUT2D eigenvalue weighted by atomic mass is 9.92. The van der Waals surface area contributed by atoms with Gasteiger partial charge in [-0.3, -0.25) is 4.79 Å². The molecule has 1 fully saturated rings. The fourth-order valence-corrected chi connectivity index (χ4v) is 2.18. The Bertz CT molecular complexity index is 186. The summed E-state index contributed by atoms with van der Waals surface area (Å²) in [7, 11) is 1.43. The van der Waals surface area contributed by atoms with Crippen molar-refractivity contribution < 1.29 is 9.53 Å². The molecule has 0 aromatic rings. The van der Waals surface area contributed by atoms with Crippen molar-refractivity contribution in [2.24, 2.45) is 5.73 Å². The zero-order valence-electron chi connectivity index (χ0n) is 9.05. The summed E-state index contributed by atoms with van der Waals surface area (Å²) in [5.41, 5.74) is 6.27. The van der Waals surface area contributed by atoms with Crippen LogP contribution in [0.2, 0.25) is 0 Å². The molecular weight excluding hydrogens is 178 g/mol. The summed E-state index contributed by atoms with van der Waals surface area (Å²) in [4.78, 5) is 10.8. The molecule has 1 aliphatic rings. The van der Waals surface area contributed by atoms with Crippen LogP contribution in [0.15, 0.2) is 0 Å². The molecule has 3 nitrogen and oxygen atoms in total. The minimum Gasteiger partial charge on any atom is -0.469 e. The minimum atomic E-state index is -0.109. The molecule has 0 amide bonds. The molecule has 1 saturated carbocycles. The summed E-state index contributed by atoms with van der Waals surface area (Å²) in [6, 6.07) is 0. The molecule has 0 aliphatic heterocycles. The van der Waals surface area contributed by atoms with Crippen LogP contribution >= 0.6 is 0 Å². The number of rotatable bonds is 5. The van der Waals surface area contributed by atoms with Crippen LogP contribution in [-0.2, 0) is 9.53 Å². The quantitative estimate of drug-likeness (QED) is 0.544. The van der Waals surface area contributed by atoms with Gasteiger partial charge >= 0.3 is 5.97 Å². The monoisotopic (exact) mass is 199 g/mol. The summed E-state index contributed by atoms with van der Waals surface area (Å²) in [6.07, 6.45) is 8.41. The zero-order valence-corrected chi connectivity index (χ0v) is 9.05. The first-order chi connectivity index (χ1) is 6.66. The van der Waals surface area contributed by atoms with E-state index in [1.165, 1.54) is 20.0 Å². The molecule has 82 valence electrons. The van der Waals surface area contributed by atoms with Crippen molar-refractivity contribution in [2.45, 2.75) is 56.9 Å². The van der Waals surface area contributed by atoms with Gasteiger partial charge in [0.2, 0.25) is 0 Å². The van der Waals surface area contributed by atoms with Crippen LogP contribution in [0.25, 0.3) is 0 Å². The van der Waals surface area contributed by atoms with Crippen LogP contribution < -0.4 is 5.73 Å². The highest BCUT2D eigenvalue weighted by molar-refractivity contribution is 5.68. The molecule has 0 aromatic heterocycles. The van der Waals surface area contributed by atoms with Crippen molar-refractivity contribution >= 4 is 5.97 Å². The number of nitrogens with two attached hydrogens (primary N) is 1. The number of hydrogen-bond donors (Lipinski definition) is 1. The summed E-state index contributed by atoms with van der Waals surface area (Å²) in [5, 5.41) is 0. The molecular formula is C11H21NO2. The Morgan fingerprint density at radius 3 is 2.57 bits per heavy atom. The molecule has 0 saturated heterocycles. The van der Waals surface area contributed by atoms with Gasteiger partial charge in [-0.15, -0.1) is 0 Å². The maximum Gasteiger partial charge on any atom is 0.305 e. The molecule has 0 spiro atoms. The topological polar surface area (TPSA) is 52.3 Å². The molecule has 0 unspecified atom stereocenters. The lowest BCUT2D eigenvalue weighted by molar-refractivity contribution is -0.140. The van der Waals surface area contributed by atoms with Crippen LogP contribution in [0.4, 0.5) is 0 Å². The van der Waals surface area contributed by atoms with E-state index < -0.39 is 0 Å². The Kier molecular flexibility index (Phi) is 4.39. The van der Waals surface area contributed by atoms with E-state index in [1.807, 2.05) is 0 Å². The predicted octanol–water partition coefficient (Wildman–Crippen LogP) is 1.99. The largest absolute Gasteiger partial charge is 0.469 e. The van der Waals surface area contributed by atoms with E-state index in [0.717, 1.165) is 32.1 Å². The smallest absolute Gasteiger partial charge is 0.305 e. The third kappa shape index (κ3) is 3.66. The van der Waals surface area contributed by atoms with Crippen molar-refractivity contribution in [3.05, 3.63) is 0 Å². The highest BCUT2D eigenvalue weighted by atomic mass is 16.5. The average molecular weight is 199 g/mol. The van der Waals surface area contributed by atoms with E-state index in [1.54, 1.807) is 0 Å². The molecule has 0 atom stereocenters. The standard InChI is InChI=1S/C11H21NO2/c1-14-10(13)6-2-3-7-11(12)8-4-5-9-11/h2-9,12H2,1H3. The van der Waals surface area contributed by atoms with Gasteiger partial charge in [-0.2, -0.15) is 0 Å². The van der Waals surface area contributed by atoms with Crippen LogP contribution in [0.5, 0.6) is 0 Å². The number of carbonyl (C=O) groups excluding carboxylic acids is 1. The van der Waals surface area contributed by atoms with Crippen LogP contribution in [0, 0.1) is 0 Å². The fraction of sp³-hybridized carbons (Fsp3) is 0.909. The van der Waals surface area contributed by atoms with Crippen molar-refractivity contribution in [2.75, 3.05) is 7.11 Å². The second-order valence-electron chi connectivity index (χ2n) is 4.35. The normalized spacial score (nSPS) is 19.6. The number of carbonyl (C=O) groups is 1. The van der Waals surface area contributed by atoms with Crippen molar-refractivity contribution in [1.29, 1.82) is 0 Å². The third-order valence-corrected chi connectivity index (χ3v) is 3.13. The Labute approximate surface area is 86.0 Å². The SMILES string of the molecule is COC(=O)CCCCC1(N)CCCC1. The molecule has 0 bridgehead atoms. The van der Waals surface area contributed by atoms with E-state index in [0.29, 0.717) is 6.42 Å². The summed E-state index contributed by atoms with van der Waals surface area (Å²) >= 11 is 0. The van der Waals surface area contributed by atoms with E-state index in [-0.39, 0.29) is 11.5 Å². The maximum absolute atomic E-state index is 10.8. The Balaban J connectivity index is 2.06. The minimum absolute atomic E-state index is 0.0795. The molecule has 3 heteroatoms.